The number of rotatable bonds is 8. The Morgan fingerprint density at radius 3 is 2.79 bits per heavy atom. The maximum atomic E-state index is 11.2. The molecule has 0 fully saturated rings. The van der Waals surface area contributed by atoms with Crippen molar-refractivity contribution in [2.45, 2.75) is 13.0 Å². The number of carboxylic acid groups (broad SMARTS) is 1. The normalized spacial score (nSPS) is 12.2. The molecule has 0 radical (unpaired) electrons. The molecule has 0 saturated heterocycles. The van der Waals surface area contributed by atoms with Crippen LogP contribution in [0.15, 0.2) is 18.3 Å². The predicted octanol–water partition coefficient (Wildman–Crippen LogP) is 1.27. The van der Waals surface area contributed by atoms with Crippen LogP contribution in [0, 0.1) is 0 Å². The first-order valence-electron chi connectivity index (χ1n) is 6.04. The van der Waals surface area contributed by atoms with Gasteiger partial charge in [-0.05, 0) is 19.1 Å². The maximum Gasteiger partial charge on any atom is 0.356 e. The number of aromatic carboxylic acids is 1. The molecule has 0 spiro atoms. The van der Waals surface area contributed by atoms with Gasteiger partial charge >= 0.3 is 5.97 Å². The van der Waals surface area contributed by atoms with Gasteiger partial charge in [-0.1, -0.05) is 0 Å². The summed E-state index contributed by atoms with van der Waals surface area (Å²) in [5.41, 5.74) is 0.623. The van der Waals surface area contributed by atoms with Crippen LogP contribution in [0.2, 0.25) is 0 Å². The van der Waals surface area contributed by atoms with Crippen molar-refractivity contribution in [3.63, 3.8) is 0 Å². The van der Waals surface area contributed by atoms with Gasteiger partial charge in [-0.25, -0.2) is 9.78 Å². The van der Waals surface area contributed by atoms with E-state index < -0.39 is 5.97 Å². The van der Waals surface area contributed by atoms with Gasteiger partial charge in [0.1, 0.15) is 0 Å². The summed E-state index contributed by atoms with van der Waals surface area (Å²) in [5.74, 6) is -1.04. The van der Waals surface area contributed by atoms with E-state index in [0.717, 1.165) is 0 Å². The summed E-state index contributed by atoms with van der Waals surface area (Å²) in [5, 5.41) is 9.20. The summed E-state index contributed by atoms with van der Waals surface area (Å²) in [4.78, 5) is 17.1. The van der Waals surface area contributed by atoms with E-state index in [0.29, 0.717) is 25.4 Å². The number of hydrogen-bond donors (Lipinski definition) is 1. The second-order valence-electron chi connectivity index (χ2n) is 4.17. The van der Waals surface area contributed by atoms with Crippen molar-refractivity contribution in [2.75, 3.05) is 38.9 Å². The van der Waals surface area contributed by atoms with Gasteiger partial charge in [0.15, 0.2) is 5.69 Å². The molecular weight excluding hydrogens is 248 g/mol. The average Bonchev–Trinajstić information content (AvgIpc) is 2.40. The highest BCUT2D eigenvalue weighted by Crippen LogP contribution is 2.20. The van der Waals surface area contributed by atoms with Crippen molar-refractivity contribution in [2.24, 2.45) is 0 Å². The molecule has 6 heteroatoms. The molecule has 106 valence electrons. The van der Waals surface area contributed by atoms with Gasteiger partial charge in [-0.2, -0.15) is 0 Å². The Morgan fingerprint density at radius 1 is 1.47 bits per heavy atom. The van der Waals surface area contributed by atoms with E-state index in [4.69, 9.17) is 9.47 Å². The zero-order valence-electron chi connectivity index (χ0n) is 11.5. The molecule has 0 saturated carbocycles. The number of nitrogens with zero attached hydrogens (tertiary/aromatic N) is 2. The first kappa shape index (κ1) is 15.4. The number of hydrogen-bond acceptors (Lipinski definition) is 5. The smallest absolute Gasteiger partial charge is 0.356 e. The molecule has 0 bridgehead atoms. The van der Waals surface area contributed by atoms with E-state index in [1.54, 1.807) is 26.4 Å². The topological polar surface area (TPSA) is 71.9 Å². The lowest BCUT2D eigenvalue weighted by molar-refractivity contribution is 0.0690. The monoisotopic (exact) mass is 268 g/mol. The number of aromatic nitrogens is 1. The molecule has 0 aliphatic carbocycles. The number of pyridine rings is 1. The first-order chi connectivity index (χ1) is 9.11. The van der Waals surface area contributed by atoms with Crippen molar-refractivity contribution in [1.29, 1.82) is 0 Å². The van der Waals surface area contributed by atoms with Crippen LogP contribution in [0.3, 0.4) is 0 Å². The van der Waals surface area contributed by atoms with Crippen LogP contribution < -0.4 is 4.90 Å². The zero-order valence-corrected chi connectivity index (χ0v) is 11.5. The molecule has 1 atom stereocenters. The van der Waals surface area contributed by atoms with E-state index in [-0.39, 0.29) is 11.7 Å². The van der Waals surface area contributed by atoms with Crippen LogP contribution in [0.4, 0.5) is 5.69 Å². The van der Waals surface area contributed by atoms with Gasteiger partial charge in [-0.15, -0.1) is 0 Å². The van der Waals surface area contributed by atoms with Gasteiger partial charge in [0.2, 0.25) is 0 Å². The van der Waals surface area contributed by atoms with Crippen molar-refractivity contribution in [3.05, 3.63) is 24.0 Å². The summed E-state index contributed by atoms with van der Waals surface area (Å²) < 4.78 is 10.2. The standard InChI is InChI=1S/C13H20N2O4/c1-10(9-19-3)15(7-8-18-2)11-5-4-6-14-12(11)13(16)17/h4-6,10H,7-9H2,1-3H3,(H,16,17). The Bertz CT molecular complexity index is 411. The molecule has 1 aromatic rings. The summed E-state index contributed by atoms with van der Waals surface area (Å²) >= 11 is 0. The van der Waals surface area contributed by atoms with Gasteiger partial charge in [0.05, 0.1) is 18.9 Å². The molecule has 0 aliphatic heterocycles. The highest BCUT2D eigenvalue weighted by molar-refractivity contribution is 5.92. The lowest BCUT2D eigenvalue weighted by Crippen LogP contribution is -2.39. The molecule has 1 N–H and O–H groups in total. The Hall–Kier alpha value is -1.66. The summed E-state index contributed by atoms with van der Waals surface area (Å²) in [6, 6.07) is 3.50. The van der Waals surface area contributed by atoms with Gasteiger partial charge in [0.25, 0.3) is 0 Å². The fraction of sp³-hybridized carbons (Fsp3) is 0.538. The minimum atomic E-state index is -1.04. The van der Waals surface area contributed by atoms with Gasteiger partial charge in [0, 0.05) is 33.0 Å². The van der Waals surface area contributed by atoms with Crippen molar-refractivity contribution < 1.29 is 19.4 Å². The number of ether oxygens (including phenoxy) is 2. The zero-order chi connectivity index (χ0) is 14.3. The molecule has 1 aromatic heterocycles. The number of methoxy groups -OCH3 is 2. The molecule has 1 heterocycles. The largest absolute Gasteiger partial charge is 0.476 e. The predicted molar refractivity (Wildman–Crippen MR) is 71.8 cm³/mol. The summed E-state index contributed by atoms with van der Waals surface area (Å²) in [6.07, 6.45) is 1.47. The molecule has 0 aliphatic rings. The molecule has 1 unspecified atom stereocenters. The van der Waals surface area contributed by atoms with E-state index in [9.17, 15) is 9.90 Å². The maximum absolute atomic E-state index is 11.2. The Labute approximate surface area is 113 Å². The third kappa shape index (κ3) is 4.18. The number of carbonyl (C=O) groups is 1. The third-order valence-corrected chi connectivity index (χ3v) is 2.77. The second-order valence-corrected chi connectivity index (χ2v) is 4.17. The number of anilines is 1. The molecule has 1 rings (SSSR count). The minimum Gasteiger partial charge on any atom is -0.476 e. The Morgan fingerprint density at radius 2 is 2.21 bits per heavy atom. The molecule has 19 heavy (non-hydrogen) atoms. The second kappa shape index (κ2) is 7.70. The summed E-state index contributed by atoms with van der Waals surface area (Å²) in [6.45, 7) is 3.55. The average molecular weight is 268 g/mol. The van der Waals surface area contributed by atoms with Crippen LogP contribution in [0.5, 0.6) is 0 Å². The van der Waals surface area contributed by atoms with Gasteiger partial charge in [-0.3, -0.25) is 0 Å². The van der Waals surface area contributed by atoms with Crippen LogP contribution in [0.25, 0.3) is 0 Å². The Kier molecular flexibility index (Phi) is 6.24. The van der Waals surface area contributed by atoms with Crippen LogP contribution in [-0.2, 0) is 9.47 Å². The fourth-order valence-corrected chi connectivity index (χ4v) is 1.89. The minimum absolute atomic E-state index is 0.0300. The summed E-state index contributed by atoms with van der Waals surface area (Å²) in [7, 11) is 3.23. The molecule has 0 amide bonds. The fourth-order valence-electron chi connectivity index (χ4n) is 1.89. The lowest BCUT2D eigenvalue weighted by atomic mass is 10.2. The SMILES string of the molecule is COCCN(c1cccnc1C(=O)O)C(C)COC. The first-order valence-corrected chi connectivity index (χ1v) is 6.04. The van der Waals surface area contributed by atoms with Crippen LogP contribution in [0.1, 0.15) is 17.4 Å². The molecule has 0 aromatic carbocycles. The molecular formula is C13H20N2O4. The number of carboxylic acids is 1. The van der Waals surface area contributed by atoms with Crippen molar-refractivity contribution in [1.82, 2.24) is 4.98 Å². The quantitative estimate of drug-likeness (QED) is 0.765. The van der Waals surface area contributed by atoms with E-state index >= 15 is 0 Å². The van der Waals surface area contributed by atoms with E-state index in [1.165, 1.54) is 6.20 Å². The van der Waals surface area contributed by atoms with E-state index in [2.05, 4.69) is 4.98 Å². The third-order valence-electron chi connectivity index (χ3n) is 2.77. The van der Waals surface area contributed by atoms with Crippen molar-refractivity contribution in [3.8, 4) is 0 Å². The lowest BCUT2D eigenvalue weighted by Gasteiger charge is -2.31. The van der Waals surface area contributed by atoms with Crippen molar-refractivity contribution >= 4 is 11.7 Å². The van der Waals surface area contributed by atoms with E-state index in [1.807, 2.05) is 11.8 Å². The van der Waals surface area contributed by atoms with Crippen LogP contribution in [-0.4, -0.2) is 56.1 Å². The van der Waals surface area contributed by atoms with Gasteiger partial charge < -0.3 is 19.5 Å². The highest BCUT2D eigenvalue weighted by atomic mass is 16.5. The highest BCUT2D eigenvalue weighted by Gasteiger charge is 2.21. The molecule has 6 nitrogen and oxygen atoms in total. The van der Waals surface area contributed by atoms with Crippen LogP contribution >= 0.6 is 0 Å². The Balaban J connectivity index is 3.05.